The van der Waals surface area contributed by atoms with Crippen LogP contribution in [0, 0.1) is 0 Å². The van der Waals surface area contributed by atoms with Crippen LogP contribution in [0.1, 0.15) is 5.56 Å². The van der Waals surface area contributed by atoms with Gasteiger partial charge in [-0.25, -0.2) is 0 Å². The number of hydrogen-bond donors (Lipinski definition) is 4. The molecule has 0 aliphatic rings. The number of anilines is 1. The topological polar surface area (TPSA) is 137 Å². The zero-order valence-electron chi connectivity index (χ0n) is 13.1. The standard InChI is InChI=1S/C17H15N5O3/c18-12-5-3-11(4-6-12)15-16(17(25)22-20-15)21-19-13-7-1-10(2-8-13)9-14(23)24/h1-8H,9,18H2,(H,23,24)(H2,20,22,25). The minimum Gasteiger partial charge on any atom is -0.481 e. The zero-order valence-corrected chi connectivity index (χ0v) is 13.1. The molecule has 8 heteroatoms. The highest BCUT2D eigenvalue weighted by Crippen LogP contribution is 2.27. The Balaban J connectivity index is 1.86. The Hall–Kier alpha value is -3.68. The molecule has 0 fully saturated rings. The van der Waals surface area contributed by atoms with E-state index in [1.54, 1.807) is 48.5 Å². The number of carboxylic acid groups (broad SMARTS) is 1. The van der Waals surface area contributed by atoms with Gasteiger partial charge in [0.25, 0.3) is 5.56 Å². The first-order valence-corrected chi connectivity index (χ1v) is 7.42. The summed E-state index contributed by atoms with van der Waals surface area (Å²) in [5, 5.41) is 22.1. The van der Waals surface area contributed by atoms with Crippen LogP contribution in [0.5, 0.6) is 0 Å². The maximum absolute atomic E-state index is 11.9. The van der Waals surface area contributed by atoms with Gasteiger partial charge in [0.05, 0.1) is 17.8 Å². The summed E-state index contributed by atoms with van der Waals surface area (Å²) in [7, 11) is 0. The van der Waals surface area contributed by atoms with E-state index in [0.717, 1.165) is 5.56 Å². The third-order valence-corrected chi connectivity index (χ3v) is 3.51. The molecule has 0 saturated heterocycles. The number of nitrogens with two attached hydrogens (primary N) is 1. The summed E-state index contributed by atoms with van der Waals surface area (Å²) in [5.41, 5.74) is 8.48. The number of aromatic amines is 2. The third-order valence-electron chi connectivity index (χ3n) is 3.51. The van der Waals surface area contributed by atoms with Crippen molar-refractivity contribution in [2.24, 2.45) is 10.2 Å². The van der Waals surface area contributed by atoms with Gasteiger partial charge in [-0.05, 0) is 29.8 Å². The highest BCUT2D eigenvalue weighted by atomic mass is 16.4. The first kappa shape index (κ1) is 16.2. The maximum atomic E-state index is 11.9. The van der Waals surface area contributed by atoms with Crippen LogP contribution < -0.4 is 11.3 Å². The van der Waals surface area contributed by atoms with E-state index >= 15 is 0 Å². The van der Waals surface area contributed by atoms with Gasteiger partial charge in [0, 0.05) is 11.3 Å². The monoisotopic (exact) mass is 337 g/mol. The van der Waals surface area contributed by atoms with E-state index in [4.69, 9.17) is 10.8 Å². The van der Waals surface area contributed by atoms with Gasteiger partial charge in [0.1, 0.15) is 0 Å². The number of benzene rings is 2. The predicted octanol–water partition coefficient (Wildman–Crippen LogP) is 2.99. The third kappa shape index (κ3) is 3.81. The smallest absolute Gasteiger partial charge is 0.307 e. The lowest BCUT2D eigenvalue weighted by Crippen LogP contribution is -1.99. The summed E-state index contributed by atoms with van der Waals surface area (Å²) in [5.74, 6) is -0.902. The fourth-order valence-electron chi connectivity index (χ4n) is 2.27. The second-order valence-corrected chi connectivity index (χ2v) is 5.36. The van der Waals surface area contributed by atoms with Crippen LogP contribution in [0.25, 0.3) is 11.3 Å². The van der Waals surface area contributed by atoms with Crippen LogP contribution in [-0.2, 0) is 11.2 Å². The van der Waals surface area contributed by atoms with Crippen molar-refractivity contribution in [2.75, 3.05) is 5.73 Å². The molecular weight excluding hydrogens is 322 g/mol. The average molecular weight is 337 g/mol. The molecule has 0 spiro atoms. The van der Waals surface area contributed by atoms with Gasteiger partial charge in [0.2, 0.25) is 0 Å². The molecule has 0 radical (unpaired) electrons. The van der Waals surface area contributed by atoms with E-state index in [1.165, 1.54) is 0 Å². The number of rotatable bonds is 5. The summed E-state index contributed by atoms with van der Waals surface area (Å²) in [6, 6.07) is 13.6. The van der Waals surface area contributed by atoms with E-state index in [0.29, 0.717) is 22.6 Å². The van der Waals surface area contributed by atoms with Crippen molar-refractivity contribution < 1.29 is 9.90 Å². The molecule has 25 heavy (non-hydrogen) atoms. The molecule has 0 bridgehead atoms. The summed E-state index contributed by atoms with van der Waals surface area (Å²) in [4.78, 5) is 22.6. The number of carboxylic acids is 1. The van der Waals surface area contributed by atoms with Crippen molar-refractivity contribution >= 4 is 23.0 Å². The van der Waals surface area contributed by atoms with Crippen LogP contribution in [0.2, 0.25) is 0 Å². The number of carbonyl (C=O) groups is 1. The van der Waals surface area contributed by atoms with Crippen molar-refractivity contribution in [3.63, 3.8) is 0 Å². The normalized spacial score (nSPS) is 11.0. The zero-order chi connectivity index (χ0) is 17.8. The van der Waals surface area contributed by atoms with E-state index in [9.17, 15) is 9.59 Å². The van der Waals surface area contributed by atoms with Gasteiger partial charge in [-0.1, -0.05) is 24.3 Å². The number of hydrogen-bond acceptors (Lipinski definition) is 5. The largest absolute Gasteiger partial charge is 0.481 e. The molecule has 0 atom stereocenters. The molecule has 5 N–H and O–H groups in total. The highest BCUT2D eigenvalue weighted by molar-refractivity contribution is 5.72. The SMILES string of the molecule is Nc1ccc(-c2[nH][nH]c(=O)c2N=Nc2ccc(CC(=O)O)cc2)cc1. The van der Waals surface area contributed by atoms with Crippen LogP contribution in [-0.4, -0.2) is 21.3 Å². The fraction of sp³-hybridized carbons (Fsp3) is 0.0588. The lowest BCUT2D eigenvalue weighted by atomic mass is 10.1. The number of nitrogens with zero attached hydrogens (tertiary/aromatic N) is 2. The van der Waals surface area contributed by atoms with Gasteiger partial charge < -0.3 is 10.8 Å². The summed E-state index contributed by atoms with van der Waals surface area (Å²) < 4.78 is 0. The van der Waals surface area contributed by atoms with Crippen LogP contribution in [0.3, 0.4) is 0 Å². The van der Waals surface area contributed by atoms with Gasteiger partial charge in [-0.3, -0.25) is 19.8 Å². The molecule has 1 heterocycles. The number of azo groups is 1. The summed E-state index contributed by atoms with van der Waals surface area (Å²) in [6.45, 7) is 0. The highest BCUT2D eigenvalue weighted by Gasteiger charge is 2.11. The molecule has 3 aromatic rings. The Kier molecular flexibility index (Phi) is 4.42. The molecular formula is C17H15N5O3. The second kappa shape index (κ2) is 6.83. The summed E-state index contributed by atoms with van der Waals surface area (Å²) in [6.07, 6.45) is -0.0593. The van der Waals surface area contributed by atoms with E-state index in [-0.39, 0.29) is 12.1 Å². The second-order valence-electron chi connectivity index (χ2n) is 5.36. The van der Waals surface area contributed by atoms with Crippen molar-refractivity contribution in [2.45, 2.75) is 6.42 Å². The van der Waals surface area contributed by atoms with Crippen LogP contribution in [0.4, 0.5) is 17.1 Å². The van der Waals surface area contributed by atoms with E-state index in [1.807, 2.05) is 0 Å². The van der Waals surface area contributed by atoms with Crippen LogP contribution in [0.15, 0.2) is 63.6 Å². The minimum atomic E-state index is -0.902. The van der Waals surface area contributed by atoms with E-state index < -0.39 is 11.5 Å². The minimum absolute atomic E-state index is 0.0593. The number of aromatic nitrogens is 2. The molecule has 0 aliphatic heterocycles. The Morgan fingerprint density at radius 1 is 1.00 bits per heavy atom. The van der Waals surface area contributed by atoms with Gasteiger partial charge >= 0.3 is 5.97 Å². The Labute approximate surface area is 142 Å². The molecule has 2 aromatic carbocycles. The van der Waals surface area contributed by atoms with Crippen molar-refractivity contribution in [3.05, 3.63) is 64.4 Å². The molecule has 0 aliphatic carbocycles. The molecule has 0 saturated carbocycles. The fourth-order valence-corrected chi connectivity index (χ4v) is 2.27. The van der Waals surface area contributed by atoms with E-state index in [2.05, 4.69) is 20.4 Å². The maximum Gasteiger partial charge on any atom is 0.307 e. The number of H-pyrrole nitrogens is 2. The predicted molar refractivity (Wildman–Crippen MR) is 93.2 cm³/mol. The molecule has 1 aromatic heterocycles. The molecule has 3 rings (SSSR count). The Morgan fingerprint density at radius 2 is 1.68 bits per heavy atom. The van der Waals surface area contributed by atoms with Crippen molar-refractivity contribution in [1.82, 2.24) is 10.2 Å². The average Bonchev–Trinajstić information content (AvgIpc) is 2.95. The Bertz CT molecular complexity index is 969. The summed E-state index contributed by atoms with van der Waals surface area (Å²) >= 11 is 0. The first-order chi connectivity index (χ1) is 12.0. The molecule has 8 nitrogen and oxygen atoms in total. The lowest BCUT2D eigenvalue weighted by Gasteiger charge is -2.00. The van der Waals surface area contributed by atoms with Crippen LogP contribution >= 0.6 is 0 Å². The van der Waals surface area contributed by atoms with Crippen molar-refractivity contribution in [1.29, 1.82) is 0 Å². The molecule has 0 unspecified atom stereocenters. The number of nitrogen functional groups attached to an aromatic ring is 1. The van der Waals surface area contributed by atoms with Crippen molar-refractivity contribution in [3.8, 4) is 11.3 Å². The lowest BCUT2D eigenvalue weighted by molar-refractivity contribution is -0.136. The first-order valence-electron chi connectivity index (χ1n) is 7.42. The molecule has 126 valence electrons. The number of aliphatic carboxylic acids is 1. The Morgan fingerprint density at radius 3 is 2.32 bits per heavy atom. The van der Waals surface area contributed by atoms with Gasteiger partial charge in [0.15, 0.2) is 5.69 Å². The quantitative estimate of drug-likeness (QED) is 0.420. The van der Waals surface area contributed by atoms with Gasteiger partial charge in [-0.2, -0.15) is 5.11 Å². The number of nitrogens with one attached hydrogen (secondary N) is 2. The molecule has 0 amide bonds. The van der Waals surface area contributed by atoms with Gasteiger partial charge in [-0.15, -0.1) is 5.11 Å².